The highest BCUT2D eigenvalue weighted by Gasteiger charge is 2.18. The molecular formula is C51H32N2. The van der Waals surface area contributed by atoms with Gasteiger partial charge in [-0.25, -0.2) is 4.98 Å². The molecule has 53 heavy (non-hydrogen) atoms. The van der Waals surface area contributed by atoms with Gasteiger partial charge in [-0.05, 0) is 75.0 Å². The molecule has 246 valence electrons. The molecule has 0 aliphatic heterocycles. The molecule has 0 N–H and O–H groups in total. The van der Waals surface area contributed by atoms with Crippen LogP contribution in [0, 0.1) is 0 Å². The monoisotopic (exact) mass is 672 g/mol. The van der Waals surface area contributed by atoms with Gasteiger partial charge in [-0.15, -0.1) is 0 Å². The van der Waals surface area contributed by atoms with Crippen molar-refractivity contribution in [1.82, 2.24) is 9.55 Å². The van der Waals surface area contributed by atoms with Crippen LogP contribution in [0.3, 0.4) is 0 Å². The molecule has 0 atom stereocenters. The Bertz CT molecular complexity index is 3000. The van der Waals surface area contributed by atoms with E-state index < -0.39 is 0 Å². The van der Waals surface area contributed by atoms with Crippen LogP contribution in [0.15, 0.2) is 194 Å². The molecule has 0 unspecified atom stereocenters. The first-order valence-corrected chi connectivity index (χ1v) is 18.2. The van der Waals surface area contributed by atoms with E-state index >= 15 is 0 Å². The van der Waals surface area contributed by atoms with Gasteiger partial charge in [0.25, 0.3) is 0 Å². The number of aromatic nitrogens is 2. The minimum atomic E-state index is 1.04. The van der Waals surface area contributed by atoms with E-state index in [-0.39, 0.29) is 0 Å². The molecule has 0 aliphatic carbocycles. The average molecular weight is 673 g/mol. The smallest absolute Gasteiger partial charge is 0.0794 e. The second kappa shape index (κ2) is 11.8. The quantitative estimate of drug-likeness (QED) is 0.134. The van der Waals surface area contributed by atoms with Crippen LogP contribution in [0.5, 0.6) is 0 Å². The Kier molecular flexibility index (Phi) is 6.59. The molecule has 0 saturated heterocycles. The van der Waals surface area contributed by atoms with Gasteiger partial charge < -0.3 is 4.57 Å². The van der Waals surface area contributed by atoms with Gasteiger partial charge in [0.05, 0.1) is 22.1 Å². The highest BCUT2D eigenvalue weighted by Crippen LogP contribution is 2.41. The van der Waals surface area contributed by atoms with Crippen LogP contribution in [0.4, 0.5) is 0 Å². The van der Waals surface area contributed by atoms with Gasteiger partial charge in [0, 0.05) is 43.6 Å². The van der Waals surface area contributed by atoms with Gasteiger partial charge in [-0.1, -0.05) is 158 Å². The standard InChI is InChI=1S/C51H32N2/c1-3-11-33(12-4-1)38-23-29-47-45(31-38)46-32-39(34-13-5-2-6-14-34)24-30-48(46)53(47)40-25-19-37(20-26-40)49-43-27-21-35-15-7-9-17-41(35)50(43)52-51-42-18-10-8-16-36(42)22-28-44(49)51/h1-32H. The van der Waals surface area contributed by atoms with Crippen molar-refractivity contribution in [3.63, 3.8) is 0 Å². The van der Waals surface area contributed by atoms with E-state index in [0.717, 1.165) is 27.5 Å². The SMILES string of the molecule is c1ccc(-c2ccc3c(c2)c2cc(-c4ccccc4)ccc2n3-c2ccc(-c3c4ccc5ccccc5c4nc4c3ccc3ccccc34)cc2)cc1. The van der Waals surface area contributed by atoms with Crippen LogP contribution in [-0.2, 0) is 0 Å². The van der Waals surface area contributed by atoms with Crippen molar-refractivity contribution in [2.75, 3.05) is 0 Å². The predicted molar refractivity (Wildman–Crippen MR) is 225 cm³/mol. The lowest BCUT2D eigenvalue weighted by atomic mass is 9.92. The Morgan fingerprint density at radius 2 is 0.755 bits per heavy atom. The summed E-state index contributed by atoms with van der Waals surface area (Å²) in [6.45, 7) is 0. The largest absolute Gasteiger partial charge is 0.309 e. The number of benzene rings is 9. The second-order valence-electron chi connectivity index (χ2n) is 13.9. The molecule has 0 radical (unpaired) electrons. The lowest BCUT2D eigenvalue weighted by Crippen LogP contribution is -1.95. The first-order valence-electron chi connectivity index (χ1n) is 18.2. The fourth-order valence-electron chi connectivity index (χ4n) is 8.42. The van der Waals surface area contributed by atoms with E-state index in [1.54, 1.807) is 0 Å². The molecule has 9 aromatic carbocycles. The van der Waals surface area contributed by atoms with Crippen molar-refractivity contribution in [2.24, 2.45) is 0 Å². The third-order valence-electron chi connectivity index (χ3n) is 11.0. The Morgan fingerprint density at radius 3 is 1.26 bits per heavy atom. The number of pyridine rings is 1. The lowest BCUT2D eigenvalue weighted by molar-refractivity contribution is 1.18. The van der Waals surface area contributed by atoms with Crippen molar-refractivity contribution in [1.29, 1.82) is 0 Å². The van der Waals surface area contributed by atoms with Crippen LogP contribution in [0.25, 0.3) is 104 Å². The van der Waals surface area contributed by atoms with Crippen molar-refractivity contribution in [3.05, 3.63) is 194 Å². The summed E-state index contributed by atoms with van der Waals surface area (Å²) in [5.74, 6) is 0. The zero-order valence-electron chi connectivity index (χ0n) is 28.9. The Labute approximate surface area is 306 Å². The summed E-state index contributed by atoms with van der Waals surface area (Å²) >= 11 is 0. The van der Waals surface area contributed by atoms with Crippen molar-refractivity contribution in [2.45, 2.75) is 0 Å². The maximum Gasteiger partial charge on any atom is 0.0794 e. The van der Waals surface area contributed by atoms with Crippen LogP contribution in [0.2, 0.25) is 0 Å². The second-order valence-corrected chi connectivity index (χ2v) is 13.9. The third-order valence-corrected chi connectivity index (χ3v) is 11.0. The molecule has 2 aromatic heterocycles. The molecule has 0 amide bonds. The number of nitrogens with zero attached hydrogens (tertiary/aromatic N) is 2. The van der Waals surface area contributed by atoms with E-state index in [1.165, 1.54) is 76.7 Å². The lowest BCUT2D eigenvalue weighted by Gasteiger charge is -2.15. The van der Waals surface area contributed by atoms with E-state index in [4.69, 9.17) is 4.98 Å². The number of fused-ring (bicyclic) bond motifs is 9. The Hall–Kier alpha value is -7.03. The minimum absolute atomic E-state index is 1.04. The molecule has 2 heterocycles. The van der Waals surface area contributed by atoms with Gasteiger partial charge >= 0.3 is 0 Å². The topological polar surface area (TPSA) is 17.8 Å². The highest BCUT2D eigenvalue weighted by molar-refractivity contribution is 6.21. The molecule has 11 aromatic rings. The molecule has 0 spiro atoms. The zero-order chi connectivity index (χ0) is 34.9. The normalized spacial score (nSPS) is 11.8. The summed E-state index contributed by atoms with van der Waals surface area (Å²) in [4.78, 5) is 5.40. The average Bonchev–Trinajstić information content (AvgIpc) is 3.56. The van der Waals surface area contributed by atoms with E-state index in [1.807, 2.05) is 0 Å². The summed E-state index contributed by atoms with van der Waals surface area (Å²) in [7, 11) is 0. The first-order chi connectivity index (χ1) is 26.3. The van der Waals surface area contributed by atoms with Crippen molar-refractivity contribution in [3.8, 4) is 39.1 Å². The van der Waals surface area contributed by atoms with Gasteiger partial charge in [0.15, 0.2) is 0 Å². The Balaban J connectivity index is 1.14. The molecular weight excluding hydrogens is 641 g/mol. The van der Waals surface area contributed by atoms with Crippen LogP contribution >= 0.6 is 0 Å². The van der Waals surface area contributed by atoms with Gasteiger partial charge in [0.1, 0.15) is 0 Å². The van der Waals surface area contributed by atoms with Crippen LogP contribution in [-0.4, -0.2) is 9.55 Å². The fraction of sp³-hybridized carbons (Fsp3) is 0. The molecule has 11 rings (SSSR count). The maximum atomic E-state index is 5.40. The molecule has 0 bridgehead atoms. The van der Waals surface area contributed by atoms with Gasteiger partial charge in [0.2, 0.25) is 0 Å². The Morgan fingerprint density at radius 1 is 0.302 bits per heavy atom. The van der Waals surface area contributed by atoms with E-state index in [2.05, 4.69) is 199 Å². The van der Waals surface area contributed by atoms with Crippen LogP contribution < -0.4 is 0 Å². The minimum Gasteiger partial charge on any atom is -0.309 e. The van der Waals surface area contributed by atoms with Crippen molar-refractivity contribution >= 4 is 65.2 Å². The van der Waals surface area contributed by atoms with E-state index in [0.29, 0.717) is 0 Å². The fourth-order valence-corrected chi connectivity index (χ4v) is 8.42. The zero-order valence-corrected chi connectivity index (χ0v) is 28.9. The molecule has 0 saturated carbocycles. The summed E-state index contributed by atoms with van der Waals surface area (Å²) in [6, 6.07) is 70.4. The van der Waals surface area contributed by atoms with Crippen molar-refractivity contribution < 1.29 is 0 Å². The number of rotatable bonds is 4. The van der Waals surface area contributed by atoms with Gasteiger partial charge in [-0.3, -0.25) is 0 Å². The first kappa shape index (κ1) is 29.7. The van der Waals surface area contributed by atoms with Gasteiger partial charge in [-0.2, -0.15) is 0 Å². The molecule has 0 fully saturated rings. The third kappa shape index (κ3) is 4.70. The summed E-state index contributed by atoms with van der Waals surface area (Å²) in [6.07, 6.45) is 0. The molecule has 2 nitrogen and oxygen atoms in total. The highest BCUT2D eigenvalue weighted by atomic mass is 15.0. The number of hydrogen-bond donors (Lipinski definition) is 0. The van der Waals surface area contributed by atoms with E-state index in [9.17, 15) is 0 Å². The molecule has 2 heteroatoms. The maximum absolute atomic E-state index is 5.40. The summed E-state index contributed by atoms with van der Waals surface area (Å²) in [5, 5.41) is 9.56. The van der Waals surface area contributed by atoms with Crippen LogP contribution in [0.1, 0.15) is 0 Å². The summed E-state index contributed by atoms with van der Waals surface area (Å²) in [5.41, 5.74) is 12.9. The molecule has 0 aliphatic rings. The number of hydrogen-bond acceptors (Lipinski definition) is 1. The predicted octanol–water partition coefficient (Wildman–Crippen LogP) is 13.8. The summed E-state index contributed by atoms with van der Waals surface area (Å²) < 4.78 is 2.42.